The van der Waals surface area contributed by atoms with Crippen LogP contribution in [-0.4, -0.2) is 41.1 Å². The van der Waals surface area contributed by atoms with Gasteiger partial charge >= 0.3 is 0 Å². The highest BCUT2D eigenvalue weighted by atomic mass is 16.5. The minimum absolute atomic E-state index is 0.000712. The molecule has 4 rings (SSSR count). The average Bonchev–Trinajstić information content (AvgIpc) is 3.14. The van der Waals surface area contributed by atoms with Gasteiger partial charge in [-0.1, -0.05) is 30.8 Å². The molecule has 2 heterocycles. The lowest BCUT2D eigenvalue weighted by Gasteiger charge is -2.48. The Bertz CT molecular complexity index is 843. The van der Waals surface area contributed by atoms with E-state index in [4.69, 9.17) is 9.26 Å². The molecule has 1 aromatic carbocycles. The fraction of sp³-hybridized carbons (Fsp3) is 0.600. The van der Waals surface area contributed by atoms with E-state index in [1.54, 1.807) is 0 Å². The molecule has 1 aromatic heterocycles. The monoisotopic (exact) mass is 425 g/mol. The summed E-state index contributed by atoms with van der Waals surface area (Å²) in [5.41, 5.74) is 2.64. The third kappa shape index (κ3) is 5.12. The van der Waals surface area contributed by atoms with Crippen LogP contribution in [-0.2, 0) is 6.61 Å². The topological polar surface area (TPSA) is 67.6 Å². The van der Waals surface area contributed by atoms with Gasteiger partial charge in [-0.15, -0.1) is 0 Å². The number of aromatic nitrogens is 1. The summed E-state index contributed by atoms with van der Waals surface area (Å²) in [5.74, 6) is 1.51. The molecule has 0 spiro atoms. The number of aryl methyl sites for hydroxylation is 2. The van der Waals surface area contributed by atoms with Gasteiger partial charge in [0.1, 0.15) is 18.1 Å². The average molecular weight is 426 g/mol. The molecule has 31 heavy (non-hydrogen) atoms. The molecule has 0 radical (unpaired) electrons. The molecule has 1 N–H and O–H groups in total. The van der Waals surface area contributed by atoms with Gasteiger partial charge in [0.05, 0.1) is 11.3 Å². The highest BCUT2D eigenvalue weighted by Gasteiger charge is 2.38. The molecule has 1 saturated heterocycles. The third-order valence-electron chi connectivity index (χ3n) is 7.07. The molecule has 0 bridgehead atoms. The highest BCUT2D eigenvalue weighted by Crippen LogP contribution is 2.35. The molecule has 0 unspecified atom stereocenters. The molecule has 1 aliphatic carbocycles. The minimum atomic E-state index is -0.000712. The van der Waals surface area contributed by atoms with Crippen LogP contribution in [0.5, 0.6) is 5.75 Å². The molecular formula is C25H35N3O3. The molecule has 1 amide bonds. The zero-order valence-electron chi connectivity index (χ0n) is 18.9. The van der Waals surface area contributed by atoms with Gasteiger partial charge < -0.3 is 14.6 Å². The van der Waals surface area contributed by atoms with Crippen molar-refractivity contribution in [2.24, 2.45) is 0 Å². The lowest BCUT2D eigenvalue weighted by molar-refractivity contribution is 0.0326. The number of piperidine rings is 1. The Hall–Kier alpha value is -2.34. The summed E-state index contributed by atoms with van der Waals surface area (Å²) < 4.78 is 11.0. The molecule has 2 aliphatic rings. The van der Waals surface area contributed by atoms with Crippen LogP contribution in [0.2, 0.25) is 0 Å². The van der Waals surface area contributed by atoms with E-state index in [2.05, 4.69) is 15.4 Å². The van der Waals surface area contributed by atoms with Crippen LogP contribution in [0.1, 0.15) is 78.7 Å². The van der Waals surface area contributed by atoms with Crippen molar-refractivity contribution in [2.45, 2.75) is 77.4 Å². The number of hydrogen-bond acceptors (Lipinski definition) is 5. The number of nitrogens with zero attached hydrogens (tertiary/aromatic N) is 2. The van der Waals surface area contributed by atoms with E-state index in [-0.39, 0.29) is 11.4 Å². The fourth-order valence-corrected chi connectivity index (χ4v) is 5.10. The van der Waals surface area contributed by atoms with Crippen molar-refractivity contribution in [1.29, 1.82) is 0 Å². The summed E-state index contributed by atoms with van der Waals surface area (Å²) in [6, 6.07) is 7.39. The summed E-state index contributed by atoms with van der Waals surface area (Å²) in [6.07, 6.45) is 10.1. The first-order chi connectivity index (χ1) is 15.1. The number of ether oxygens (including phenoxy) is 1. The lowest BCUT2D eigenvalue weighted by Crippen LogP contribution is -2.58. The maximum absolute atomic E-state index is 12.9. The van der Waals surface area contributed by atoms with Crippen LogP contribution in [0.4, 0.5) is 0 Å². The van der Waals surface area contributed by atoms with Crippen molar-refractivity contribution in [3.05, 3.63) is 46.8 Å². The van der Waals surface area contributed by atoms with E-state index < -0.39 is 0 Å². The van der Waals surface area contributed by atoms with Gasteiger partial charge in [-0.3, -0.25) is 9.69 Å². The first kappa shape index (κ1) is 21.9. The first-order valence-corrected chi connectivity index (χ1v) is 11.8. The summed E-state index contributed by atoms with van der Waals surface area (Å²) in [4.78, 5) is 15.5. The second-order valence-corrected chi connectivity index (χ2v) is 9.13. The number of carbonyl (C=O) groups excluding carboxylic acids is 1. The van der Waals surface area contributed by atoms with Crippen LogP contribution in [0.3, 0.4) is 0 Å². The quantitative estimate of drug-likeness (QED) is 0.691. The summed E-state index contributed by atoms with van der Waals surface area (Å²) >= 11 is 0. The van der Waals surface area contributed by atoms with Crippen LogP contribution in [0.25, 0.3) is 0 Å². The predicted octanol–water partition coefficient (Wildman–Crippen LogP) is 4.79. The van der Waals surface area contributed by atoms with Crippen LogP contribution in [0, 0.1) is 13.8 Å². The van der Waals surface area contributed by atoms with Gasteiger partial charge in [-0.2, -0.15) is 0 Å². The van der Waals surface area contributed by atoms with E-state index in [0.717, 1.165) is 29.3 Å². The maximum atomic E-state index is 12.9. The van der Waals surface area contributed by atoms with Crippen LogP contribution in [0.15, 0.2) is 28.8 Å². The Balaban J connectivity index is 1.34. The smallest absolute Gasteiger partial charge is 0.251 e. The molecule has 168 valence electrons. The summed E-state index contributed by atoms with van der Waals surface area (Å²) in [5, 5.41) is 7.21. The largest absolute Gasteiger partial charge is 0.489 e. The Labute approximate surface area is 185 Å². The zero-order valence-corrected chi connectivity index (χ0v) is 18.9. The van der Waals surface area contributed by atoms with E-state index in [9.17, 15) is 4.79 Å². The number of hydrogen-bond donors (Lipinski definition) is 1. The third-order valence-corrected chi connectivity index (χ3v) is 7.07. The number of nitrogens with one attached hydrogen (secondary N) is 1. The molecular weight excluding hydrogens is 390 g/mol. The van der Waals surface area contributed by atoms with Gasteiger partial charge in [0.25, 0.3) is 5.91 Å². The van der Waals surface area contributed by atoms with E-state index in [0.29, 0.717) is 12.2 Å². The second kappa shape index (κ2) is 9.86. The number of rotatable bonds is 7. The fourth-order valence-electron chi connectivity index (χ4n) is 5.10. The SMILES string of the molecule is Cc1noc(C)c1COc1ccc(C(=O)NCC2(N3CCCCC3)CCCCC2)cc1. The van der Waals surface area contributed by atoms with Crippen molar-refractivity contribution >= 4 is 5.91 Å². The molecule has 1 aliphatic heterocycles. The molecule has 0 atom stereocenters. The molecule has 2 aromatic rings. The van der Waals surface area contributed by atoms with E-state index in [1.807, 2.05) is 38.1 Å². The van der Waals surface area contributed by atoms with Gasteiger partial charge in [0, 0.05) is 17.6 Å². The minimum Gasteiger partial charge on any atom is -0.489 e. The molecule has 6 nitrogen and oxygen atoms in total. The Kier molecular flexibility index (Phi) is 6.96. The first-order valence-electron chi connectivity index (χ1n) is 11.8. The summed E-state index contributed by atoms with van der Waals surface area (Å²) in [6.45, 7) is 7.29. The van der Waals surface area contributed by atoms with Gasteiger partial charge in [-0.25, -0.2) is 0 Å². The maximum Gasteiger partial charge on any atom is 0.251 e. The van der Waals surface area contributed by atoms with Crippen molar-refractivity contribution in [3.8, 4) is 5.75 Å². The van der Waals surface area contributed by atoms with Gasteiger partial charge in [0.2, 0.25) is 0 Å². The number of amides is 1. The van der Waals surface area contributed by atoms with Crippen molar-refractivity contribution in [1.82, 2.24) is 15.4 Å². The van der Waals surface area contributed by atoms with E-state index in [1.165, 1.54) is 64.5 Å². The number of likely N-dealkylation sites (tertiary alicyclic amines) is 1. The lowest BCUT2D eigenvalue weighted by atomic mass is 9.79. The Morgan fingerprint density at radius 3 is 2.39 bits per heavy atom. The predicted molar refractivity (Wildman–Crippen MR) is 120 cm³/mol. The van der Waals surface area contributed by atoms with Crippen molar-refractivity contribution < 1.29 is 14.1 Å². The van der Waals surface area contributed by atoms with Crippen molar-refractivity contribution in [3.63, 3.8) is 0 Å². The summed E-state index contributed by atoms with van der Waals surface area (Å²) in [7, 11) is 0. The number of carbonyl (C=O) groups is 1. The molecule has 6 heteroatoms. The van der Waals surface area contributed by atoms with E-state index >= 15 is 0 Å². The van der Waals surface area contributed by atoms with Crippen LogP contribution >= 0.6 is 0 Å². The second-order valence-electron chi connectivity index (χ2n) is 9.13. The van der Waals surface area contributed by atoms with Gasteiger partial charge in [0.15, 0.2) is 0 Å². The van der Waals surface area contributed by atoms with Crippen LogP contribution < -0.4 is 10.1 Å². The Morgan fingerprint density at radius 2 is 1.74 bits per heavy atom. The number of benzene rings is 1. The Morgan fingerprint density at radius 1 is 1.06 bits per heavy atom. The standard InChI is InChI=1S/C25H35N3O3/c1-19-23(20(2)31-27-19)17-30-22-11-9-21(10-12-22)24(29)26-18-25(13-5-3-6-14-25)28-15-7-4-8-16-28/h9-12H,3-8,13-18H2,1-2H3,(H,26,29). The highest BCUT2D eigenvalue weighted by molar-refractivity contribution is 5.94. The zero-order chi connectivity index (χ0) is 21.7. The van der Waals surface area contributed by atoms with Crippen molar-refractivity contribution in [2.75, 3.05) is 19.6 Å². The normalized spacial score (nSPS) is 19.2. The molecule has 2 fully saturated rings. The van der Waals surface area contributed by atoms with Gasteiger partial charge in [-0.05, 0) is 76.9 Å². The molecule has 1 saturated carbocycles.